The van der Waals surface area contributed by atoms with Crippen molar-refractivity contribution in [1.29, 1.82) is 0 Å². The third-order valence-electron chi connectivity index (χ3n) is 2.47. The molecule has 2 nitrogen and oxygen atoms in total. The summed E-state index contributed by atoms with van der Waals surface area (Å²) < 4.78 is 13.3. The van der Waals surface area contributed by atoms with Gasteiger partial charge in [0.1, 0.15) is 0 Å². The van der Waals surface area contributed by atoms with Gasteiger partial charge in [0, 0.05) is 21.0 Å². The molecule has 1 aliphatic rings. The maximum Gasteiger partial charge on any atom is 0.0594 e. The molecule has 0 aliphatic carbocycles. The normalized spacial score (nSPS) is 21.6. The molecule has 0 N–H and O–H groups in total. The van der Waals surface area contributed by atoms with Crippen LogP contribution in [0.2, 0.25) is 0 Å². The highest BCUT2D eigenvalue weighted by Gasteiger charge is 2.09. The van der Waals surface area contributed by atoms with Gasteiger partial charge in [-0.3, -0.25) is 4.90 Å². The molecule has 1 fully saturated rings. The molecule has 1 unspecified atom stereocenters. The summed E-state index contributed by atoms with van der Waals surface area (Å²) >= 11 is 0. The van der Waals surface area contributed by atoms with Crippen LogP contribution in [-0.2, 0) is 11.2 Å². The molecule has 1 atom stereocenters. The van der Waals surface area contributed by atoms with E-state index in [4.69, 9.17) is 6.11 Å². The second-order valence-electron chi connectivity index (χ2n) is 3.52. The van der Waals surface area contributed by atoms with Gasteiger partial charge in [-0.05, 0) is 12.0 Å². The van der Waals surface area contributed by atoms with Gasteiger partial charge in [-0.2, -0.15) is 0 Å². The van der Waals surface area contributed by atoms with Gasteiger partial charge < -0.3 is 4.74 Å². The van der Waals surface area contributed by atoms with Crippen molar-refractivity contribution in [3.63, 3.8) is 0 Å². The number of rotatable bonds is 3. The fourth-order valence-corrected chi connectivity index (χ4v) is 1.61. The van der Waals surface area contributed by atoms with E-state index in [9.17, 15) is 0 Å². The zero-order valence-corrected chi connectivity index (χ0v) is 8.36. The van der Waals surface area contributed by atoms with Crippen LogP contribution in [0.1, 0.15) is 6.93 Å². The average Bonchev–Trinajstić information content (AvgIpc) is 2.31. The lowest BCUT2D eigenvalue weighted by Crippen LogP contribution is -2.37. The Morgan fingerprint density at radius 3 is 2.64 bits per heavy atom. The Morgan fingerprint density at radius 1 is 1.21 bits per heavy atom. The predicted molar refractivity (Wildman–Crippen MR) is 57.4 cm³/mol. The van der Waals surface area contributed by atoms with Crippen molar-refractivity contribution >= 4 is 0 Å². The smallest absolute Gasteiger partial charge is 0.0594 e. The van der Waals surface area contributed by atoms with Crippen LogP contribution in [0.15, 0.2) is 30.3 Å². The number of morpholine rings is 1. The number of ether oxygens (including phenoxy) is 1. The van der Waals surface area contributed by atoms with Gasteiger partial charge in [0.05, 0.1) is 13.2 Å². The molecule has 0 spiro atoms. The minimum Gasteiger partial charge on any atom is -0.379 e. The second kappa shape index (κ2) is 5.13. The molecular formula is C12H17NO. The van der Waals surface area contributed by atoms with Crippen molar-refractivity contribution in [2.24, 2.45) is 0 Å². The SMILES string of the molecule is [2H]C(Cc1ccccc1)N1CCOCC1. The Bertz CT molecular complexity index is 285. The first-order valence-corrected chi connectivity index (χ1v) is 5.14. The van der Waals surface area contributed by atoms with Gasteiger partial charge in [-0.15, -0.1) is 0 Å². The van der Waals surface area contributed by atoms with Crippen LogP contribution in [0, 0.1) is 0 Å². The number of hydrogen-bond acceptors (Lipinski definition) is 2. The van der Waals surface area contributed by atoms with Crippen molar-refractivity contribution in [2.45, 2.75) is 6.42 Å². The van der Waals surface area contributed by atoms with E-state index in [1.54, 1.807) is 0 Å². The van der Waals surface area contributed by atoms with E-state index in [1.807, 2.05) is 18.2 Å². The number of nitrogens with zero attached hydrogens (tertiary/aromatic N) is 1. The Hall–Kier alpha value is -0.860. The molecule has 0 bridgehead atoms. The molecule has 2 rings (SSSR count). The van der Waals surface area contributed by atoms with E-state index in [0.29, 0.717) is 0 Å². The molecule has 0 radical (unpaired) electrons. The summed E-state index contributed by atoms with van der Waals surface area (Å²) in [6.07, 6.45) is 0.806. The van der Waals surface area contributed by atoms with Gasteiger partial charge in [-0.25, -0.2) is 0 Å². The summed E-state index contributed by atoms with van der Waals surface area (Å²) in [5, 5.41) is 0. The molecule has 1 heterocycles. The van der Waals surface area contributed by atoms with Gasteiger partial charge in [-0.1, -0.05) is 30.3 Å². The highest BCUT2D eigenvalue weighted by molar-refractivity contribution is 5.14. The number of benzene rings is 1. The predicted octanol–water partition coefficient (Wildman–Crippen LogP) is 1.56. The van der Waals surface area contributed by atoms with E-state index in [-0.39, 0.29) is 6.52 Å². The third kappa shape index (κ3) is 2.82. The van der Waals surface area contributed by atoms with E-state index in [0.717, 1.165) is 32.7 Å². The van der Waals surface area contributed by atoms with Crippen LogP contribution in [0.5, 0.6) is 0 Å². The highest BCUT2D eigenvalue weighted by atomic mass is 16.5. The first-order valence-electron chi connectivity index (χ1n) is 5.72. The zero-order chi connectivity index (χ0) is 10.5. The van der Waals surface area contributed by atoms with E-state index < -0.39 is 0 Å². The number of hydrogen-bond donors (Lipinski definition) is 0. The fraction of sp³-hybridized carbons (Fsp3) is 0.500. The summed E-state index contributed by atoms with van der Waals surface area (Å²) in [6.45, 7) is 3.19. The molecule has 0 saturated carbocycles. The molecule has 1 aliphatic heterocycles. The lowest BCUT2D eigenvalue weighted by Gasteiger charge is -2.26. The Kier molecular flexibility index (Phi) is 3.09. The molecule has 1 aromatic carbocycles. The first-order chi connectivity index (χ1) is 7.36. The molecule has 1 aromatic rings. The van der Waals surface area contributed by atoms with E-state index in [1.165, 1.54) is 5.56 Å². The zero-order valence-electron chi connectivity index (χ0n) is 9.36. The quantitative estimate of drug-likeness (QED) is 0.720. The Labute approximate surface area is 86.9 Å². The Morgan fingerprint density at radius 2 is 1.93 bits per heavy atom. The summed E-state index contributed by atoms with van der Waals surface area (Å²) in [5.74, 6) is 0. The highest BCUT2D eigenvalue weighted by Crippen LogP contribution is 2.03. The lowest BCUT2D eigenvalue weighted by atomic mass is 10.1. The number of aryl methyl sites for hydroxylation is 1. The van der Waals surface area contributed by atoms with Crippen LogP contribution in [-0.4, -0.2) is 37.7 Å². The van der Waals surface area contributed by atoms with Crippen LogP contribution in [0.4, 0.5) is 0 Å². The minimum absolute atomic E-state index is 0.128. The first kappa shape index (κ1) is 8.45. The maximum atomic E-state index is 8.07. The van der Waals surface area contributed by atoms with Gasteiger partial charge in [0.2, 0.25) is 0 Å². The van der Waals surface area contributed by atoms with Crippen molar-refractivity contribution < 1.29 is 6.11 Å². The molecule has 0 amide bonds. The summed E-state index contributed by atoms with van der Waals surface area (Å²) in [5.41, 5.74) is 1.24. The summed E-state index contributed by atoms with van der Waals surface area (Å²) in [6, 6.07) is 10.2. The monoisotopic (exact) mass is 192 g/mol. The maximum absolute atomic E-state index is 8.07. The van der Waals surface area contributed by atoms with E-state index in [2.05, 4.69) is 17.0 Å². The third-order valence-corrected chi connectivity index (χ3v) is 2.47. The van der Waals surface area contributed by atoms with Crippen LogP contribution in [0.3, 0.4) is 0 Å². The Balaban J connectivity index is 1.88. The largest absolute Gasteiger partial charge is 0.379 e. The average molecular weight is 192 g/mol. The minimum atomic E-state index is -0.128. The molecule has 2 heteroatoms. The van der Waals surface area contributed by atoms with Crippen molar-refractivity contribution in [3.8, 4) is 0 Å². The van der Waals surface area contributed by atoms with Gasteiger partial charge >= 0.3 is 0 Å². The standard InChI is InChI=1S/C12H17NO/c1-2-4-12(5-3-1)6-7-13-8-10-14-11-9-13/h1-5H,6-11H2/i7D. The van der Waals surface area contributed by atoms with Crippen LogP contribution in [0.25, 0.3) is 0 Å². The molecule has 76 valence electrons. The van der Waals surface area contributed by atoms with Crippen molar-refractivity contribution in [1.82, 2.24) is 4.90 Å². The van der Waals surface area contributed by atoms with Crippen LogP contribution < -0.4 is 0 Å². The summed E-state index contributed by atoms with van der Waals surface area (Å²) in [7, 11) is 0. The van der Waals surface area contributed by atoms with Gasteiger partial charge in [0.15, 0.2) is 0 Å². The van der Waals surface area contributed by atoms with Gasteiger partial charge in [0.25, 0.3) is 0 Å². The van der Waals surface area contributed by atoms with E-state index >= 15 is 0 Å². The summed E-state index contributed by atoms with van der Waals surface area (Å²) in [4.78, 5) is 2.18. The molecule has 1 saturated heterocycles. The van der Waals surface area contributed by atoms with Crippen molar-refractivity contribution in [3.05, 3.63) is 35.9 Å². The second-order valence-corrected chi connectivity index (χ2v) is 3.52. The lowest BCUT2D eigenvalue weighted by molar-refractivity contribution is 0.0384. The molecule has 0 aromatic heterocycles. The van der Waals surface area contributed by atoms with Crippen LogP contribution >= 0.6 is 0 Å². The molecular weight excluding hydrogens is 174 g/mol. The van der Waals surface area contributed by atoms with Crippen molar-refractivity contribution in [2.75, 3.05) is 32.8 Å². The fourth-order valence-electron chi connectivity index (χ4n) is 1.61. The topological polar surface area (TPSA) is 12.5 Å². The molecule has 14 heavy (non-hydrogen) atoms.